The highest BCUT2D eigenvalue weighted by Gasteiger charge is 2.17. The Morgan fingerprint density at radius 3 is 1.65 bits per heavy atom. The lowest BCUT2D eigenvalue weighted by molar-refractivity contribution is 1.21. The zero-order chi connectivity index (χ0) is 28.8. The summed E-state index contributed by atoms with van der Waals surface area (Å²) in [5, 5.41) is 7.57. The summed E-state index contributed by atoms with van der Waals surface area (Å²) < 4.78 is 0. The lowest BCUT2D eigenvalue weighted by Gasteiger charge is -2.19. The largest absolute Gasteiger partial charge is 0.254 e. The van der Waals surface area contributed by atoms with E-state index in [0.29, 0.717) is 0 Å². The maximum atomic E-state index is 4.75. The number of nitrogens with zero attached hydrogens (tertiary/aromatic N) is 2. The summed E-state index contributed by atoms with van der Waals surface area (Å²) in [4.78, 5) is 9.27. The minimum atomic E-state index is 0.891. The third kappa shape index (κ3) is 4.27. The van der Waals surface area contributed by atoms with Crippen LogP contribution in [0.5, 0.6) is 0 Å². The Morgan fingerprint density at radius 2 is 1.00 bits per heavy atom. The summed E-state index contributed by atoms with van der Waals surface area (Å²) in [5.41, 5.74) is 10.2. The van der Waals surface area contributed by atoms with E-state index in [-0.39, 0.29) is 0 Å². The van der Waals surface area contributed by atoms with Crippen molar-refractivity contribution >= 4 is 32.3 Å². The number of hydrogen-bond acceptors (Lipinski definition) is 2. The van der Waals surface area contributed by atoms with E-state index in [1.807, 2.05) is 18.5 Å². The topological polar surface area (TPSA) is 25.8 Å². The van der Waals surface area contributed by atoms with Crippen LogP contribution in [0, 0.1) is 6.92 Å². The standard InChI is InChI=1S/C41H28N2/c1-27-10-9-25-42-41(27)38-24-23-31(26-43-38)28-19-21-30(22-20-28)39-34-14-4-6-16-36(34)40(37-17-7-5-15-35(37)39)33-18-8-12-29-11-2-3-13-32(29)33/h2-26H,1H3. The van der Waals surface area contributed by atoms with E-state index >= 15 is 0 Å². The third-order valence-electron chi connectivity index (χ3n) is 8.51. The van der Waals surface area contributed by atoms with Crippen LogP contribution in [0.1, 0.15) is 5.56 Å². The molecule has 0 N–H and O–H groups in total. The van der Waals surface area contributed by atoms with E-state index < -0.39 is 0 Å². The first kappa shape index (κ1) is 25.1. The molecule has 0 aliphatic heterocycles. The molecule has 0 aliphatic carbocycles. The molecule has 8 aromatic rings. The van der Waals surface area contributed by atoms with Gasteiger partial charge in [-0.05, 0) is 84.8 Å². The first-order valence-corrected chi connectivity index (χ1v) is 14.7. The molecule has 6 aromatic carbocycles. The van der Waals surface area contributed by atoms with Gasteiger partial charge in [-0.25, -0.2) is 0 Å². The van der Waals surface area contributed by atoms with Gasteiger partial charge < -0.3 is 0 Å². The lowest BCUT2D eigenvalue weighted by atomic mass is 9.84. The fourth-order valence-electron chi connectivity index (χ4n) is 6.46. The van der Waals surface area contributed by atoms with Gasteiger partial charge in [0.25, 0.3) is 0 Å². The zero-order valence-electron chi connectivity index (χ0n) is 23.8. The van der Waals surface area contributed by atoms with Crippen molar-refractivity contribution in [2.24, 2.45) is 0 Å². The van der Waals surface area contributed by atoms with Gasteiger partial charge in [0.2, 0.25) is 0 Å². The second kappa shape index (κ2) is 10.3. The van der Waals surface area contributed by atoms with E-state index in [1.165, 1.54) is 54.6 Å². The molecule has 0 atom stereocenters. The van der Waals surface area contributed by atoms with Crippen LogP contribution in [-0.2, 0) is 0 Å². The average molecular weight is 549 g/mol. The Morgan fingerprint density at radius 1 is 0.419 bits per heavy atom. The van der Waals surface area contributed by atoms with Gasteiger partial charge in [0.05, 0.1) is 11.4 Å². The number of rotatable bonds is 4. The van der Waals surface area contributed by atoms with Crippen molar-refractivity contribution in [1.82, 2.24) is 9.97 Å². The van der Waals surface area contributed by atoms with E-state index in [0.717, 1.165) is 28.1 Å². The molecule has 0 radical (unpaired) electrons. The van der Waals surface area contributed by atoms with E-state index in [4.69, 9.17) is 4.98 Å². The second-order valence-electron chi connectivity index (χ2n) is 11.0. The molecule has 0 unspecified atom stereocenters. The Hall–Kier alpha value is -5.60. The number of hydrogen-bond donors (Lipinski definition) is 0. The highest BCUT2D eigenvalue weighted by molar-refractivity contribution is 6.23. The fraction of sp³-hybridized carbons (Fsp3) is 0.0244. The summed E-state index contributed by atoms with van der Waals surface area (Å²) >= 11 is 0. The maximum Gasteiger partial charge on any atom is 0.0915 e. The van der Waals surface area contributed by atoms with Gasteiger partial charge >= 0.3 is 0 Å². The van der Waals surface area contributed by atoms with Crippen LogP contribution in [-0.4, -0.2) is 9.97 Å². The summed E-state index contributed by atoms with van der Waals surface area (Å²) in [6, 6.07) is 50.1. The van der Waals surface area contributed by atoms with Gasteiger partial charge in [0, 0.05) is 18.0 Å². The summed E-state index contributed by atoms with van der Waals surface area (Å²) in [5.74, 6) is 0. The van der Waals surface area contributed by atoms with Crippen LogP contribution < -0.4 is 0 Å². The van der Waals surface area contributed by atoms with Crippen LogP contribution in [0.25, 0.3) is 77.1 Å². The van der Waals surface area contributed by atoms with Gasteiger partial charge in [-0.15, -0.1) is 0 Å². The minimum absolute atomic E-state index is 0.891. The Labute approximate surface area is 251 Å². The summed E-state index contributed by atoms with van der Waals surface area (Å²) in [7, 11) is 0. The number of aromatic nitrogens is 2. The average Bonchev–Trinajstić information content (AvgIpc) is 3.07. The zero-order valence-corrected chi connectivity index (χ0v) is 23.8. The maximum absolute atomic E-state index is 4.75. The molecule has 0 bridgehead atoms. The molecule has 43 heavy (non-hydrogen) atoms. The van der Waals surface area contributed by atoms with E-state index in [1.54, 1.807) is 0 Å². The van der Waals surface area contributed by atoms with Gasteiger partial charge in [-0.2, -0.15) is 0 Å². The van der Waals surface area contributed by atoms with Crippen molar-refractivity contribution in [3.63, 3.8) is 0 Å². The number of fused-ring (bicyclic) bond motifs is 3. The van der Waals surface area contributed by atoms with Gasteiger partial charge in [-0.3, -0.25) is 9.97 Å². The van der Waals surface area contributed by atoms with Crippen LogP contribution in [0.3, 0.4) is 0 Å². The van der Waals surface area contributed by atoms with Gasteiger partial charge in [-0.1, -0.05) is 127 Å². The van der Waals surface area contributed by atoms with Crippen molar-refractivity contribution in [2.45, 2.75) is 6.92 Å². The Kier molecular flexibility index (Phi) is 6.05. The minimum Gasteiger partial charge on any atom is -0.254 e. The molecule has 0 fully saturated rings. The van der Waals surface area contributed by atoms with Crippen molar-refractivity contribution in [2.75, 3.05) is 0 Å². The first-order valence-electron chi connectivity index (χ1n) is 14.7. The molecular weight excluding hydrogens is 520 g/mol. The molecule has 0 spiro atoms. The van der Waals surface area contributed by atoms with Crippen LogP contribution in [0.4, 0.5) is 0 Å². The molecule has 0 saturated heterocycles. The highest BCUT2D eigenvalue weighted by Crippen LogP contribution is 2.45. The van der Waals surface area contributed by atoms with Gasteiger partial charge in [0.15, 0.2) is 0 Å². The molecule has 0 saturated carbocycles. The number of aryl methyl sites for hydroxylation is 1. The molecule has 202 valence electrons. The predicted molar refractivity (Wildman–Crippen MR) is 181 cm³/mol. The van der Waals surface area contributed by atoms with Crippen molar-refractivity contribution in [1.29, 1.82) is 0 Å². The molecule has 8 rings (SSSR count). The Balaban J connectivity index is 1.27. The first-order chi connectivity index (χ1) is 21.3. The smallest absolute Gasteiger partial charge is 0.0915 e. The second-order valence-corrected chi connectivity index (χ2v) is 11.0. The molecular formula is C41H28N2. The van der Waals surface area contributed by atoms with Gasteiger partial charge in [0.1, 0.15) is 0 Å². The molecule has 0 aliphatic rings. The third-order valence-corrected chi connectivity index (χ3v) is 8.51. The number of pyridine rings is 2. The summed E-state index contributed by atoms with van der Waals surface area (Å²) in [6.45, 7) is 2.07. The van der Waals surface area contributed by atoms with Crippen LogP contribution in [0.15, 0.2) is 152 Å². The highest BCUT2D eigenvalue weighted by atomic mass is 14.8. The molecule has 0 amide bonds. The molecule has 2 heterocycles. The van der Waals surface area contributed by atoms with Crippen LogP contribution >= 0.6 is 0 Å². The summed E-state index contributed by atoms with van der Waals surface area (Å²) in [6.07, 6.45) is 3.76. The van der Waals surface area contributed by atoms with E-state index in [2.05, 4.69) is 145 Å². The lowest BCUT2D eigenvalue weighted by Crippen LogP contribution is -1.92. The SMILES string of the molecule is Cc1cccnc1-c1ccc(-c2ccc(-c3c4ccccc4c(-c4cccc5ccccc45)c4ccccc34)cc2)cn1. The molecule has 2 nitrogen and oxygen atoms in total. The Bertz CT molecular complexity index is 2220. The number of benzene rings is 6. The molecule has 2 heteroatoms. The van der Waals surface area contributed by atoms with Crippen molar-refractivity contribution in [3.8, 4) is 44.8 Å². The van der Waals surface area contributed by atoms with E-state index in [9.17, 15) is 0 Å². The van der Waals surface area contributed by atoms with Crippen molar-refractivity contribution in [3.05, 3.63) is 157 Å². The predicted octanol–water partition coefficient (Wildman–Crippen LogP) is 10.9. The quantitative estimate of drug-likeness (QED) is 0.204. The monoisotopic (exact) mass is 548 g/mol. The fourth-order valence-corrected chi connectivity index (χ4v) is 6.46. The van der Waals surface area contributed by atoms with Crippen LogP contribution in [0.2, 0.25) is 0 Å². The molecule has 2 aromatic heterocycles. The van der Waals surface area contributed by atoms with Crippen molar-refractivity contribution < 1.29 is 0 Å². The normalized spacial score (nSPS) is 11.4.